The van der Waals surface area contributed by atoms with Crippen LogP contribution < -0.4 is 15.4 Å². The second-order valence-electron chi connectivity index (χ2n) is 10.5. The number of nitrogens with one attached hydrogen (secondary N) is 2. The van der Waals surface area contributed by atoms with Crippen LogP contribution in [0.5, 0.6) is 5.75 Å². The number of carbonyl (C=O) groups excluding carboxylic acids is 3. The summed E-state index contributed by atoms with van der Waals surface area (Å²) in [6.45, 7) is 10.1. The molecule has 3 unspecified atom stereocenters. The molecule has 8 nitrogen and oxygen atoms in total. The monoisotopic (exact) mass is 489 g/mol. The molecule has 3 aliphatic heterocycles. The zero-order valence-corrected chi connectivity index (χ0v) is 21.3. The van der Waals surface area contributed by atoms with Gasteiger partial charge in [-0.15, -0.1) is 11.8 Å². The van der Waals surface area contributed by atoms with Crippen LogP contribution in [0.25, 0.3) is 0 Å². The molecule has 6 atom stereocenters. The van der Waals surface area contributed by atoms with E-state index in [9.17, 15) is 19.5 Å². The fourth-order valence-electron chi connectivity index (χ4n) is 5.93. The van der Waals surface area contributed by atoms with Crippen molar-refractivity contribution < 1.29 is 24.2 Å². The number of thioether (sulfide) groups is 1. The Morgan fingerprint density at radius 1 is 1.24 bits per heavy atom. The topological polar surface area (TPSA) is 108 Å². The van der Waals surface area contributed by atoms with Crippen molar-refractivity contribution in [2.24, 2.45) is 17.8 Å². The molecule has 3 N–H and O–H groups in total. The van der Waals surface area contributed by atoms with E-state index >= 15 is 0 Å². The van der Waals surface area contributed by atoms with Crippen LogP contribution in [-0.2, 0) is 14.4 Å². The van der Waals surface area contributed by atoms with Crippen LogP contribution in [-0.4, -0.2) is 69.1 Å². The highest BCUT2D eigenvalue weighted by atomic mass is 32.2. The smallest absolute Gasteiger partial charge is 0.244 e. The van der Waals surface area contributed by atoms with E-state index in [1.165, 1.54) is 4.90 Å². The van der Waals surface area contributed by atoms with Crippen LogP contribution >= 0.6 is 11.8 Å². The summed E-state index contributed by atoms with van der Waals surface area (Å²) < 4.78 is 4.78. The molecule has 0 saturated carbocycles. The molecule has 3 aliphatic rings. The molecule has 0 aliphatic carbocycles. The lowest BCUT2D eigenvalue weighted by Crippen LogP contribution is -2.59. The maximum Gasteiger partial charge on any atom is 0.244 e. The van der Waals surface area contributed by atoms with Crippen molar-refractivity contribution in [2.75, 3.05) is 25.1 Å². The second kappa shape index (κ2) is 9.07. The van der Waals surface area contributed by atoms with E-state index in [2.05, 4.69) is 17.6 Å². The Morgan fingerprint density at radius 2 is 1.91 bits per heavy atom. The Morgan fingerprint density at radius 3 is 2.50 bits per heavy atom. The van der Waals surface area contributed by atoms with E-state index in [0.717, 1.165) is 12.2 Å². The Labute approximate surface area is 205 Å². The number of aliphatic hydroxyl groups is 1. The van der Waals surface area contributed by atoms with Gasteiger partial charge in [-0.05, 0) is 64.3 Å². The van der Waals surface area contributed by atoms with E-state index in [0.29, 0.717) is 12.3 Å². The summed E-state index contributed by atoms with van der Waals surface area (Å²) in [5.74, 6) is -0.951. The Hall–Kier alpha value is -2.26. The molecule has 186 valence electrons. The first kappa shape index (κ1) is 24.9. The lowest BCUT2D eigenvalue weighted by atomic mass is 9.65. The number of likely N-dealkylation sites (tertiary alicyclic amines) is 1. The molecule has 1 aromatic rings. The molecular weight excluding hydrogens is 454 g/mol. The van der Waals surface area contributed by atoms with Gasteiger partial charge in [-0.3, -0.25) is 14.4 Å². The van der Waals surface area contributed by atoms with Crippen molar-refractivity contribution >= 4 is 35.2 Å². The molecule has 9 heteroatoms. The fourth-order valence-corrected chi connectivity index (χ4v) is 8.35. The third kappa shape index (κ3) is 4.06. The highest BCUT2D eigenvalue weighted by molar-refractivity contribution is 8.02. The van der Waals surface area contributed by atoms with Gasteiger partial charge in [-0.2, -0.15) is 0 Å². The van der Waals surface area contributed by atoms with Gasteiger partial charge in [0.05, 0.1) is 29.8 Å². The lowest BCUT2D eigenvalue weighted by molar-refractivity contribution is -0.139. The number of hydrogen-bond donors (Lipinski definition) is 3. The zero-order chi connectivity index (χ0) is 24.8. The molecule has 34 heavy (non-hydrogen) atoms. The minimum Gasteiger partial charge on any atom is -0.494 e. The first-order valence-corrected chi connectivity index (χ1v) is 12.9. The largest absolute Gasteiger partial charge is 0.494 e. The van der Waals surface area contributed by atoms with Crippen LogP contribution in [0.4, 0.5) is 5.69 Å². The normalized spacial score (nSPS) is 32.0. The number of ether oxygens (including phenoxy) is 1. The predicted octanol–water partition coefficient (Wildman–Crippen LogP) is 2.27. The first-order valence-electron chi connectivity index (χ1n) is 12.0. The number of fused-ring (bicyclic) bond motifs is 1. The molecule has 0 radical (unpaired) electrons. The number of nitrogens with zero attached hydrogens (tertiary/aromatic N) is 1. The summed E-state index contributed by atoms with van der Waals surface area (Å²) in [4.78, 5) is 42.2. The average molecular weight is 490 g/mol. The van der Waals surface area contributed by atoms with Gasteiger partial charge >= 0.3 is 0 Å². The van der Waals surface area contributed by atoms with Gasteiger partial charge in [0, 0.05) is 23.0 Å². The summed E-state index contributed by atoms with van der Waals surface area (Å²) in [5, 5.41) is 15.7. The standard InChI is InChI=1S/C25H35N3O5S/c1-6-33-16-9-7-15(8-10-16)26-21(30)18-17-13-14(2)25(34-17)19(18)23(32)28(11-12-29)20(25)22(31)27-24(3,4)5/h7-10,14,17-20,29H,6,11-13H2,1-5H3,(H,26,30)(H,27,31)/t14?,17-,18+,19-,20?,25?/m0/s1. The summed E-state index contributed by atoms with van der Waals surface area (Å²) in [7, 11) is 0. The number of hydrogen-bond acceptors (Lipinski definition) is 6. The van der Waals surface area contributed by atoms with Crippen molar-refractivity contribution in [3.63, 3.8) is 0 Å². The average Bonchev–Trinajstić information content (AvgIpc) is 3.33. The molecule has 1 aromatic carbocycles. The number of aliphatic hydroxyl groups excluding tert-OH is 1. The second-order valence-corrected chi connectivity index (χ2v) is 12.0. The van der Waals surface area contributed by atoms with Crippen LogP contribution in [0.1, 0.15) is 41.0 Å². The highest BCUT2D eigenvalue weighted by Crippen LogP contribution is 2.68. The summed E-state index contributed by atoms with van der Waals surface area (Å²) in [5.41, 5.74) is 0.178. The summed E-state index contributed by atoms with van der Waals surface area (Å²) in [6.07, 6.45) is 0.766. The summed E-state index contributed by atoms with van der Waals surface area (Å²) in [6, 6.07) is 6.46. The molecular formula is C25H35N3O5S. The lowest BCUT2D eigenvalue weighted by Gasteiger charge is -2.39. The van der Waals surface area contributed by atoms with E-state index in [4.69, 9.17) is 4.74 Å². The molecule has 0 aromatic heterocycles. The van der Waals surface area contributed by atoms with E-state index in [1.54, 1.807) is 36.0 Å². The maximum atomic E-state index is 13.7. The minimum absolute atomic E-state index is 0.0344. The molecule has 1 spiro atoms. The highest BCUT2D eigenvalue weighted by Gasteiger charge is 2.75. The Kier molecular flexibility index (Phi) is 6.63. The van der Waals surface area contributed by atoms with Crippen LogP contribution in [0.2, 0.25) is 0 Å². The van der Waals surface area contributed by atoms with Gasteiger partial charge in [0.1, 0.15) is 11.8 Å². The molecule has 3 saturated heterocycles. The summed E-state index contributed by atoms with van der Waals surface area (Å²) >= 11 is 1.62. The van der Waals surface area contributed by atoms with Crippen LogP contribution in [0.15, 0.2) is 24.3 Å². The van der Waals surface area contributed by atoms with E-state index < -0.39 is 28.2 Å². The van der Waals surface area contributed by atoms with Gasteiger partial charge in [-0.1, -0.05) is 6.92 Å². The first-order chi connectivity index (χ1) is 16.0. The third-order valence-electron chi connectivity index (χ3n) is 7.07. The van der Waals surface area contributed by atoms with E-state index in [1.807, 2.05) is 27.7 Å². The predicted molar refractivity (Wildman–Crippen MR) is 132 cm³/mol. The van der Waals surface area contributed by atoms with Gasteiger partial charge in [-0.25, -0.2) is 0 Å². The van der Waals surface area contributed by atoms with Crippen molar-refractivity contribution in [3.05, 3.63) is 24.3 Å². The molecule has 4 rings (SSSR count). The molecule has 2 bridgehead atoms. The maximum absolute atomic E-state index is 13.7. The fraction of sp³-hybridized carbons (Fsp3) is 0.640. The van der Waals surface area contributed by atoms with Crippen molar-refractivity contribution in [2.45, 2.75) is 62.6 Å². The molecule has 3 heterocycles. The Balaban J connectivity index is 1.64. The van der Waals surface area contributed by atoms with Crippen molar-refractivity contribution in [1.29, 1.82) is 0 Å². The SMILES string of the molecule is CCOc1ccc(NC(=O)[C@@H]2[C@@H]3CC(C)C4(S3)C(C(=O)NC(C)(C)C)N(CCO)C(=O)[C@H]24)cc1. The van der Waals surface area contributed by atoms with Crippen molar-refractivity contribution in [1.82, 2.24) is 10.2 Å². The zero-order valence-electron chi connectivity index (χ0n) is 20.5. The van der Waals surface area contributed by atoms with E-state index in [-0.39, 0.29) is 42.0 Å². The van der Waals surface area contributed by atoms with Gasteiger partial charge < -0.3 is 25.4 Å². The number of benzene rings is 1. The third-order valence-corrected chi connectivity index (χ3v) is 9.14. The quantitative estimate of drug-likeness (QED) is 0.542. The number of carbonyl (C=O) groups is 3. The number of β-amino-alcohol motifs (C(OH)–C–C–N with tert-alkyl or cyclic N) is 1. The number of amides is 3. The molecule has 3 fully saturated rings. The number of anilines is 1. The van der Waals surface area contributed by atoms with Crippen LogP contribution in [0.3, 0.4) is 0 Å². The Bertz CT molecular complexity index is 962. The van der Waals surface area contributed by atoms with Gasteiger partial charge in [0.15, 0.2) is 0 Å². The molecule has 3 amide bonds. The van der Waals surface area contributed by atoms with Gasteiger partial charge in [0.25, 0.3) is 0 Å². The van der Waals surface area contributed by atoms with Crippen LogP contribution in [0, 0.1) is 17.8 Å². The van der Waals surface area contributed by atoms with Gasteiger partial charge in [0.2, 0.25) is 17.7 Å². The number of rotatable bonds is 7. The minimum atomic E-state index is -0.718. The van der Waals surface area contributed by atoms with Crippen molar-refractivity contribution in [3.8, 4) is 5.75 Å².